The lowest BCUT2D eigenvalue weighted by Crippen LogP contribution is -2.19. The standard InChI is InChI=1S/C14H15BrN2O2/c1-14(2,18)13-16-7-6-11(17-13)10-8-9(15)4-5-12(10)19-3/h4-8,18H,1-3H3. The van der Waals surface area contributed by atoms with Crippen LogP contribution < -0.4 is 4.74 Å². The van der Waals surface area contributed by atoms with E-state index in [1.807, 2.05) is 18.2 Å². The molecule has 0 aliphatic heterocycles. The minimum Gasteiger partial charge on any atom is -0.496 e. The third-order valence-corrected chi connectivity index (χ3v) is 3.13. The SMILES string of the molecule is COc1ccc(Br)cc1-c1ccnc(C(C)(C)O)n1. The number of ether oxygens (including phenoxy) is 1. The monoisotopic (exact) mass is 322 g/mol. The van der Waals surface area contributed by atoms with Crippen LogP contribution in [-0.4, -0.2) is 22.2 Å². The fraction of sp³-hybridized carbons (Fsp3) is 0.286. The molecule has 2 aromatic rings. The van der Waals surface area contributed by atoms with Gasteiger partial charge in [0, 0.05) is 16.2 Å². The highest BCUT2D eigenvalue weighted by Crippen LogP contribution is 2.32. The van der Waals surface area contributed by atoms with E-state index in [-0.39, 0.29) is 0 Å². The summed E-state index contributed by atoms with van der Waals surface area (Å²) >= 11 is 3.43. The predicted molar refractivity (Wildman–Crippen MR) is 77.0 cm³/mol. The van der Waals surface area contributed by atoms with Crippen molar-refractivity contribution in [3.63, 3.8) is 0 Å². The summed E-state index contributed by atoms with van der Waals surface area (Å²) < 4.78 is 6.27. The van der Waals surface area contributed by atoms with Crippen LogP contribution >= 0.6 is 15.9 Å². The smallest absolute Gasteiger partial charge is 0.160 e. The second-order valence-electron chi connectivity index (χ2n) is 4.67. The molecule has 0 bridgehead atoms. The molecule has 0 spiro atoms. The van der Waals surface area contributed by atoms with Crippen molar-refractivity contribution >= 4 is 15.9 Å². The predicted octanol–water partition coefficient (Wildman–Crippen LogP) is 3.14. The Morgan fingerprint density at radius 3 is 2.63 bits per heavy atom. The summed E-state index contributed by atoms with van der Waals surface area (Å²) in [6.07, 6.45) is 1.63. The molecule has 0 atom stereocenters. The highest BCUT2D eigenvalue weighted by atomic mass is 79.9. The molecule has 0 radical (unpaired) electrons. The molecule has 1 aromatic heterocycles. The number of aromatic nitrogens is 2. The van der Waals surface area contributed by atoms with Crippen LogP contribution in [0.25, 0.3) is 11.3 Å². The molecule has 2 rings (SSSR count). The summed E-state index contributed by atoms with van der Waals surface area (Å²) in [7, 11) is 1.62. The van der Waals surface area contributed by atoms with E-state index >= 15 is 0 Å². The van der Waals surface area contributed by atoms with Crippen LogP contribution in [0.1, 0.15) is 19.7 Å². The van der Waals surface area contributed by atoms with Crippen molar-refractivity contribution in [1.82, 2.24) is 9.97 Å². The van der Waals surface area contributed by atoms with E-state index in [2.05, 4.69) is 25.9 Å². The number of hydrogen-bond acceptors (Lipinski definition) is 4. The first-order chi connectivity index (χ1) is 8.91. The van der Waals surface area contributed by atoms with Gasteiger partial charge in [0.05, 0.1) is 12.8 Å². The van der Waals surface area contributed by atoms with Crippen molar-refractivity contribution in [3.8, 4) is 17.0 Å². The second-order valence-corrected chi connectivity index (χ2v) is 5.58. The van der Waals surface area contributed by atoms with E-state index in [0.717, 1.165) is 15.8 Å². The molecule has 0 aliphatic carbocycles. The van der Waals surface area contributed by atoms with Gasteiger partial charge in [-0.15, -0.1) is 0 Å². The molecule has 4 nitrogen and oxygen atoms in total. The van der Waals surface area contributed by atoms with Crippen LogP contribution in [0.4, 0.5) is 0 Å². The average Bonchev–Trinajstić information content (AvgIpc) is 2.38. The van der Waals surface area contributed by atoms with Crippen molar-refractivity contribution in [3.05, 3.63) is 40.8 Å². The summed E-state index contributed by atoms with van der Waals surface area (Å²) in [6, 6.07) is 7.49. The first-order valence-corrected chi connectivity index (χ1v) is 6.61. The van der Waals surface area contributed by atoms with Crippen molar-refractivity contribution < 1.29 is 9.84 Å². The van der Waals surface area contributed by atoms with E-state index in [9.17, 15) is 5.11 Å². The summed E-state index contributed by atoms with van der Waals surface area (Å²) in [5, 5.41) is 9.98. The molecule has 1 N–H and O–H groups in total. The topological polar surface area (TPSA) is 55.2 Å². The van der Waals surface area contributed by atoms with Crippen molar-refractivity contribution in [2.75, 3.05) is 7.11 Å². The van der Waals surface area contributed by atoms with Crippen molar-refractivity contribution in [1.29, 1.82) is 0 Å². The van der Waals surface area contributed by atoms with E-state index in [4.69, 9.17) is 4.74 Å². The summed E-state index contributed by atoms with van der Waals surface area (Å²) in [4.78, 5) is 8.50. The number of methoxy groups -OCH3 is 1. The Kier molecular flexibility index (Phi) is 3.87. The highest BCUT2D eigenvalue weighted by molar-refractivity contribution is 9.10. The first kappa shape index (κ1) is 14.0. The Hall–Kier alpha value is -1.46. The van der Waals surface area contributed by atoms with Crippen molar-refractivity contribution in [2.45, 2.75) is 19.4 Å². The van der Waals surface area contributed by atoms with E-state index in [0.29, 0.717) is 11.5 Å². The van der Waals surface area contributed by atoms with Gasteiger partial charge < -0.3 is 9.84 Å². The normalized spacial score (nSPS) is 11.4. The van der Waals surface area contributed by atoms with Crippen LogP contribution in [-0.2, 0) is 5.60 Å². The zero-order valence-corrected chi connectivity index (χ0v) is 12.6. The zero-order chi connectivity index (χ0) is 14.0. The molecule has 0 fully saturated rings. The van der Waals surface area contributed by atoms with Crippen LogP contribution in [0.2, 0.25) is 0 Å². The minimum atomic E-state index is -1.07. The molecular weight excluding hydrogens is 308 g/mol. The lowest BCUT2D eigenvalue weighted by molar-refractivity contribution is 0.0688. The van der Waals surface area contributed by atoms with Gasteiger partial charge in [0.2, 0.25) is 0 Å². The number of hydrogen-bond donors (Lipinski definition) is 1. The molecule has 0 saturated heterocycles. The van der Waals surface area contributed by atoms with E-state index < -0.39 is 5.60 Å². The maximum Gasteiger partial charge on any atom is 0.160 e. The Bertz CT molecular complexity index is 594. The third-order valence-electron chi connectivity index (χ3n) is 2.64. The summed E-state index contributed by atoms with van der Waals surface area (Å²) in [5.41, 5.74) is 0.491. The molecule has 0 unspecified atom stereocenters. The molecule has 19 heavy (non-hydrogen) atoms. The molecule has 1 aromatic carbocycles. The fourth-order valence-electron chi connectivity index (χ4n) is 1.68. The lowest BCUT2D eigenvalue weighted by atomic mass is 10.1. The summed E-state index contributed by atoms with van der Waals surface area (Å²) in [5.74, 6) is 1.11. The molecule has 0 aliphatic rings. The maximum absolute atomic E-state index is 9.98. The molecule has 0 saturated carbocycles. The Morgan fingerprint density at radius 2 is 2.00 bits per heavy atom. The van der Waals surface area contributed by atoms with Gasteiger partial charge in [-0.2, -0.15) is 0 Å². The number of halogens is 1. The molecule has 0 amide bonds. The lowest BCUT2D eigenvalue weighted by Gasteiger charge is -2.16. The molecule has 5 heteroatoms. The van der Waals surface area contributed by atoms with Gasteiger partial charge in [-0.3, -0.25) is 0 Å². The maximum atomic E-state index is 9.98. The quantitative estimate of drug-likeness (QED) is 0.943. The number of nitrogens with zero attached hydrogens (tertiary/aromatic N) is 2. The number of aliphatic hydroxyl groups is 1. The van der Waals surface area contributed by atoms with Gasteiger partial charge >= 0.3 is 0 Å². The van der Waals surface area contributed by atoms with Crippen molar-refractivity contribution in [2.24, 2.45) is 0 Å². The van der Waals surface area contributed by atoms with Gasteiger partial charge in [-0.05, 0) is 38.1 Å². The molecule has 100 valence electrons. The highest BCUT2D eigenvalue weighted by Gasteiger charge is 2.20. The molecular formula is C14H15BrN2O2. The van der Waals surface area contributed by atoms with Crippen LogP contribution in [0, 0.1) is 0 Å². The third kappa shape index (κ3) is 3.11. The van der Waals surface area contributed by atoms with Gasteiger partial charge in [0.15, 0.2) is 5.82 Å². The molecule has 1 heterocycles. The van der Waals surface area contributed by atoms with Crippen LogP contribution in [0.5, 0.6) is 5.75 Å². The average molecular weight is 323 g/mol. The Morgan fingerprint density at radius 1 is 1.26 bits per heavy atom. The van der Waals surface area contributed by atoms with Crippen LogP contribution in [0.3, 0.4) is 0 Å². The van der Waals surface area contributed by atoms with Gasteiger partial charge in [-0.25, -0.2) is 9.97 Å². The second kappa shape index (κ2) is 5.27. The van der Waals surface area contributed by atoms with E-state index in [1.165, 1.54) is 0 Å². The first-order valence-electron chi connectivity index (χ1n) is 5.81. The number of rotatable bonds is 3. The van der Waals surface area contributed by atoms with Gasteiger partial charge in [-0.1, -0.05) is 15.9 Å². The van der Waals surface area contributed by atoms with E-state index in [1.54, 1.807) is 33.2 Å². The van der Waals surface area contributed by atoms with Crippen LogP contribution in [0.15, 0.2) is 34.9 Å². The van der Waals surface area contributed by atoms with Gasteiger partial charge in [0.25, 0.3) is 0 Å². The zero-order valence-electron chi connectivity index (χ0n) is 11.0. The number of benzene rings is 1. The van der Waals surface area contributed by atoms with Gasteiger partial charge in [0.1, 0.15) is 11.4 Å². The largest absolute Gasteiger partial charge is 0.496 e. The summed E-state index contributed by atoms with van der Waals surface area (Å²) in [6.45, 7) is 3.31. The Labute approximate surface area is 120 Å². The fourth-order valence-corrected chi connectivity index (χ4v) is 2.04. The minimum absolute atomic E-state index is 0.382. The Balaban J connectivity index is 2.56.